The van der Waals surface area contributed by atoms with Gasteiger partial charge >= 0.3 is 0 Å². The van der Waals surface area contributed by atoms with Gasteiger partial charge in [0.05, 0.1) is 11.6 Å². The summed E-state index contributed by atoms with van der Waals surface area (Å²) in [6.07, 6.45) is 1.24. The van der Waals surface area contributed by atoms with E-state index in [0.717, 1.165) is 22.4 Å². The van der Waals surface area contributed by atoms with Crippen LogP contribution in [0.3, 0.4) is 0 Å². The van der Waals surface area contributed by atoms with Crippen LogP contribution in [0.1, 0.15) is 12.5 Å². The highest BCUT2D eigenvalue weighted by atomic mass is 79.9. The van der Waals surface area contributed by atoms with E-state index in [9.17, 15) is 0 Å². The zero-order valence-electron chi connectivity index (χ0n) is 7.63. The van der Waals surface area contributed by atoms with Gasteiger partial charge in [-0.25, -0.2) is 0 Å². The lowest BCUT2D eigenvalue weighted by atomic mass is 10.1. The highest BCUT2D eigenvalue weighted by Gasteiger charge is 2.22. The first-order valence-electron chi connectivity index (χ1n) is 4.24. The summed E-state index contributed by atoms with van der Waals surface area (Å²) in [6.45, 7) is 2.07. The number of methoxy groups -OCH3 is 1. The lowest BCUT2D eigenvalue weighted by molar-refractivity contribution is 0.253. The summed E-state index contributed by atoms with van der Waals surface area (Å²) in [5, 5.41) is 0. The molecular weight excluding hydrogens is 232 g/mol. The average molecular weight is 243 g/mol. The number of fused-ring (bicyclic) bond motifs is 1. The first-order valence-corrected chi connectivity index (χ1v) is 5.03. The molecule has 0 amide bonds. The molecule has 0 bridgehead atoms. The van der Waals surface area contributed by atoms with Crippen molar-refractivity contribution in [3.8, 4) is 11.5 Å². The Kier molecular flexibility index (Phi) is 2.20. The van der Waals surface area contributed by atoms with Gasteiger partial charge in [0, 0.05) is 12.0 Å². The standard InChI is InChI=1S/C10H11BrO2/c1-6-3-7-4-8(12-2)5-9(11)10(7)13-6/h4-6H,3H2,1-2H3. The molecule has 2 rings (SSSR count). The van der Waals surface area contributed by atoms with Gasteiger partial charge in [-0.1, -0.05) is 0 Å². The highest BCUT2D eigenvalue weighted by Crippen LogP contribution is 2.39. The summed E-state index contributed by atoms with van der Waals surface area (Å²) in [4.78, 5) is 0. The Hall–Kier alpha value is -0.700. The summed E-state index contributed by atoms with van der Waals surface area (Å²) in [5.41, 5.74) is 1.22. The van der Waals surface area contributed by atoms with E-state index in [1.807, 2.05) is 12.1 Å². The summed E-state index contributed by atoms with van der Waals surface area (Å²) >= 11 is 3.46. The number of ether oxygens (including phenoxy) is 2. The van der Waals surface area contributed by atoms with E-state index in [2.05, 4.69) is 22.9 Å². The van der Waals surface area contributed by atoms with E-state index in [0.29, 0.717) is 0 Å². The fourth-order valence-electron chi connectivity index (χ4n) is 1.58. The minimum atomic E-state index is 0.276. The fraction of sp³-hybridized carbons (Fsp3) is 0.400. The number of halogens is 1. The lowest BCUT2D eigenvalue weighted by Gasteiger charge is -2.06. The normalized spacial score (nSPS) is 19.5. The molecule has 13 heavy (non-hydrogen) atoms. The van der Waals surface area contributed by atoms with E-state index < -0.39 is 0 Å². The van der Waals surface area contributed by atoms with Crippen molar-refractivity contribution >= 4 is 15.9 Å². The van der Waals surface area contributed by atoms with Gasteiger partial charge in [0.15, 0.2) is 0 Å². The molecule has 0 fully saturated rings. The van der Waals surface area contributed by atoms with Crippen LogP contribution in [-0.4, -0.2) is 13.2 Å². The average Bonchev–Trinajstić information content (AvgIpc) is 2.46. The van der Waals surface area contributed by atoms with Crippen LogP contribution in [0.25, 0.3) is 0 Å². The third-order valence-electron chi connectivity index (χ3n) is 2.16. The molecule has 0 radical (unpaired) electrons. The lowest BCUT2D eigenvalue weighted by Crippen LogP contribution is -2.05. The van der Waals surface area contributed by atoms with Crippen molar-refractivity contribution in [3.63, 3.8) is 0 Å². The van der Waals surface area contributed by atoms with Crippen LogP contribution in [-0.2, 0) is 6.42 Å². The van der Waals surface area contributed by atoms with Crippen LogP contribution in [0, 0.1) is 0 Å². The number of hydrogen-bond donors (Lipinski definition) is 0. The van der Waals surface area contributed by atoms with Crippen LogP contribution >= 0.6 is 15.9 Å². The molecule has 1 aliphatic rings. The number of benzene rings is 1. The minimum absolute atomic E-state index is 0.276. The molecule has 0 saturated heterocycles. The molecule has 0 aliphatic carbocycles. The van der Waals surface area contributed by atoms with E-state index in [4.69, 9.17) is 9.47 Å². The maximum atomic E-state index is 5.63. The Morgan fingerprint density at radius 1 is 1.54 bits per heavy atom. The van der Waals surface area contributed by atoms with Gasteiger partial charge in [0.1, 0.15) is 17.6 Å². The smallest absolute Gasteiger partial charge is 0.137 e. The maximum absolute atomic E-state index is 5.63. The highest BCUT2D eigenvalue weighted by molar-refractivity contribution is 9.10. The molecule has 3 heteroatoms. The summed E-state index contributed by atoms with van der Waals surface area (Å²) in [5.74, 6) is 1.84. The molecule has 0 saturated carbocycles. The van der Waals surface area contributed by atoms with E-state index in [1.165, 1.54) is 5.56 Å². The molecule has 1 unspecified atom stereocenters. The quantitative estimate of drug-likeness (QED) is 0.755. The SMILES string of the molecule is COc1cc(Br)c2c(c1)CC(C)O2. The Balaban J connectivity index is 2.46. The van der Waals surface area contributed by atoms with Crippen molar-refractivity contribution in [3.05, 3.63) is 22.2 Å². The zero-order valence-corrected chi connectivity index (χ0v) is 9.22. The second-order valence-corrected chi connectivity index (χ2v) is 4.08. The van der Waals surface area contributed by atoms with Crippen molar-refractivity contribution in [2.24, 2.45) is 0 Å². The Bertz CT molecular complexity index is 336. The summed E-state index contributed by atoms with van der Waals surface area (Å²) in [6, 6.07) is 3.96. The number of hydrogen-bond acceptors (Lipinski definition) is 2. The molecule has 1 aromatic carbocycles. The molecule has 2 nitrogen and oxygen atoms in total. The third kappa shape index (κ3) is 1.53. The second kappa shape index (κ2) is 3.22. The predicted octanol–water partition coefficient (Wildman–Crippen LogP) is 2.78. The number of rotatable bonds is 1. The third-order valence-corrected chi connectivity index (χ3v) is 2.75. The van der Waals surface area contributed by atoms with Gasteiger partial charge < -0.3 is 9.47 Å². The molecule has 1 heterocycles. The van der Waals surface area contributed by atoms with Crippen molar-refractivity contribution in [2.45, 2.75) is 19.4 Å². The molecule has 70 valence electrons. The van der Waals surface area contributed by atoms with Crippen molar-refractivity contribution < 1.29 is 9.47 Å². The largest absolute Gasteiger partial charge is 0.497 e. The van der Waals surface area contributed by atoms with E-state index >= 15 is 0 Å². The van der Waals surface area contributed by atoms with Crippen LogP contribution in [0.2, 0.25) is 0 Å². The van der Waals surface area contributed by atoms with Gasteiger partial charge in [-0.3, -0.25) is 0 Å². The Morgan fingerprint density at radius 3 is 3.00 bits per heavy atom. The van der Waals surface area contributed by atoms with Crippen LogP contribution in [0.5, 0.6) is 11.5 Å². The fourth-order valence-corrected chi connectivity index (χ4v) is 2.15. The molecular formula is C10H11BrO2. The summed E-state index contributed by atoms with van der Waals surface area (Å²) in [7, 11) is 1.67. The topological polar surface area (TPSA) is 18.5 Å². The van der Waals surface area contributed by atoms with Crippen molar-refractivity contribution in [2.75, 3.05) is 7.11 Å². The minimum Gasteiger partial charge on any atom is -0.497 e. The van der Waals surface area contributed by atoms with E-state index in [-0.39, 0.29) is 6.10 Å². The first-order chi connectivity index (χ1) is 6.20. The molecule has 0 N–H and O–H groups in total. The molecule has 0 spiro atoms. The van der Waals surface area contributed by atoms with Gasteiger partial charge in [-0.15, -0.1) is 0 Å². The Labute approximate surface area is 86.0 Å². The molecule has 1 atom stereocenters. The van der Waals surface area contributed by atoms with Crippen molar-refractivity contribution in [1.82, 2.24) is 0 Å². The maximum Gasteiger partial charge on any atom is 0.137 e. The predicted molar refractivity (Wildman–Crippen MR) is 54.5 cm³/mol. The zero-order chi connectivity index (χ0) is 9.42. The first kappa shape index (κ1) is 8.88. The van der Waals surface area contributed by atoms with Gasteiger partial charge in [-0.05, 0) is 35.0 Å². The van der Waals surface area contributed by atoms with Crippen LogP contribution < -0.4 is 9.47 Å². The van der Waals surface area contributed by atoms with Gasteiger partial charge in [-0.2, -0.15) is 0 Å². The van der Waals surface area contributed by atoms with E-state index in [1.54, 1.807) is 7.11 Å². The van der Waals surface area contributed by atoms with Gasteiger partial charge in [0.2, 0.25) is 0 Å². The van der Waals surface area contributed by atoms with Crippen LogP contribution in [0.4, 0.5) is 0 Å². The van der Waals surface area contributed by atoms with Crippen LogP contribution in [0.15, 0.2) is 16.6 Å². The molecule has 1 aliphatic heterocycles. The second-order valence-electron chi connectivity index (χ2n) is 3.23. The van der Waals surface area contributed by atoms with Crippen molar-refractivity contribution in [1.29, 1.82) is 0 Å². The van der Waals surface area contributed by atoms with Gasteiger partial charge in [0.25, 0.3) is 0 Å². The Morgan fingerprint density at radius 2 is 2.31 bits per heavy atom. The molecule has 0 aromatic heterocycles. The monoisotopic (exact) mass is 242 g/mol. The summed E-state index contributed by atoms with van der Waals surface area (Å²) < 4.78 is 11.8. The molecule has 1 aromatic rings.